The zero-order chi connectivity index (χ0) is 11.1. The zero-order valence-electron chi connectivity index (χ0n) is 7.43. The van der Waals surface area contributed by atoms with E-state index in [1.54, 1.807) is 0 Å². The molecule has 0 fully saturated rings. The Morgan fingerprint density at radius 2 is 1.29 bits per heavy atom. The van der Waals surface area contributed by atoms with E-state index in [9.17, 15) is 9.59 Å². The minimum absolute atomic E-state index is 0.663. The molecule has 6 nitrogen and oxygen atoms in total. The minimum Gasteiger partial charge on any atom is -0.369 e. The number of hydrogen-bond acceptors (Lipinski definition) is 4. The molecule has 0 aliphatic heterocycles. The summed E-state index contributed by atoms with van der Waals surface area (Å²) in [5, 5.41) is 22.1. The highest BCUT2D eigenvalue weighted by Gasteiger charge is 2.17. The summed E-state index contributed by atoms with van der Waals surface area (Å²) in [6.45, 7) is 6.28. The predicted octanol–water partition coefficient (Wildman–Crippen LogP) is -1.77. The smallest absolute Gasteiger partial charge is 0.245 e. The largest absolute Gasteiger partial charge is 0.369 e. The lowest BCUT2D eigenvalue weighted by molar-refractivity contribution is -0.128. The summed E-state index contributed by atoms with van der Waals surface area (Å²) < 4.78 is 0. The number of aliphatic hydroxyl groups excluding tert-OH is 2. The van der Waals surface area contributed by atoms with E-state index in [0.29, 0.717) is 0 Å². The first-order valence-corrected chi connectivity index (χ1v) is 3.73. The van der Waals surface area contributed by atoms with Crippen molar-refractivity contribution in [2.24, 2.45) is 0 Å². The van der Waals surface area contributed by atoms with Gasteiger partial charge in [0.05, 0.1) is 0 Å². The average molecular weight is 200 g/mol. The van der Waals surface area contributed by atoms with Crippen LogP contribution in [-0.4, -0.2) is 34.5 Å². The molecule has 2 atom stereocenters. The molecule has 0 aliphatic carbocycles. The van der Waals surface area contributed by atoms with Gasteiger partial charge in [-0.3, -0.25) is 9.59 Å². The lowest BCUT2D eigenvalue weighted by Crippen LogP contribution is -2.51. The molecule has 0 aromatic rings. The van der Waals surface area contributed by atoms with Crippen molar-refractivity contribution in [3.05, 3.63) is 25.3 Å². The molecular weight excluding hydrogens is 188 g/mol. The molecule has 4 N–H and O–H groups in total. The van der Waals surface area contributed by atoms with Crippen LogP contribution in [0, 0.1) is 0 Å². The Labute approximate surface area is 80.9 Å². The second-order valence-corrected chi connectivity index (χ2v) is 2.32. The van der Waals surface area contributed by atoms with E-state index in [-0.39, 0.29) is 0 Å². The van der Waals surface area contributed by atoms with Gasteiger partial charge in [0.25, 0.3) is 0 Å². The van der Waals surface area contributed by atoms with Crippen molar-refractivity contribution in [1.82, 2.24) is 10.6 Å². The number of nitrogens with one attached hydrogen (secondary N) is 2. The third-order valence-electron chi connectivity index (χ3n) is 1.25. The molecule has 14 heavy (non-hydrogen) atoms. The Bertz CT molecular complexity index is 226. The Kier molecular flexibility index (Phi) is 5.20. The van der Waals surface area contributed by atoms with Gasteiger partial charge in [-0.15, -0.1) is 0 Å². The van der Waals surface area contributed by atoms with Gasteiger partial charge in [0, 0.05) is 0 Å². The SMILES string of the molecule is C=CC(=O)N[C@@H](O)[C@@H](O)NC(=O)C=C. The van der Waals surface area contributed by atoms with Gasteiger partial charge in [0.2, 0.25) is 11.8 Å². The highest BCUT2D eigenvalue weighted by Crippen LogP contribution is 1.86. The van der Waals surface area contributed by atoms with Gasteiger partial charge in [-0.05, 0) is 12.2 Å². The summed E-state index contributed by atoms with van der Waals surface area (Å²) in [7, 11) is 0. The van der Waals surface area contributed by atoms with Gasteiger partial charge >= 0.3 is 0 Å². The van der Waals surface area contributed by atoms with Gasteiger partial charge in [-0.25, -0.2) is 0 Å². The van der Waals surface area contributed by atoms with E-state index in [1.807, 2.05) is 10.6 Å². The fourth-order valence-electron chi connectivity index (χ4n) is 0.567. The van der Waals surface area contributed by atoms with Crippen molar-refractivity contribution in [2.45, 2.75) is 12.5 Å². The first-order chi connectivity index (χ1) is 6.51. The first kappa shape index (κ1) is 12.3. The molecule has 2 amide bonds. The molecule has 0 spiro atoms. The molecule has 0 heterocycles. The molecule has 0 bridgehead atoms. The van der Waals surface area contributed by atoms with Gasteiger partial charge < -0.3 is 20.8 Å². The Hall–Kier alpha value is -1.66. The summed E-state index contributed by atoms with van der Waals surface area (Å²) in [6.07, 6.45) is -1.34. The quantitative estimate of drug-likeness (QED) is 0.312. The van der Waals surface area contributed by atoms with Crippen LogP contribution in [-0.2, 0) is 9.59 Å². The van der Waals surface area contributed by atoms with Gasteiger partial charge in [-0.1, -0.05) is 13.2 Å². The van der Waals surface area contributed by atoms with Crippen molar-refractivity contribution in [3.8, 4) is 0 Å². The molecule has 0 aromatic heterocycles. The summed E-state index contributed by atoms with van der Waals surface area (Å²) in [4.78, 5) is 21.3. The van der Waals surface area contributed by atoms with Crippen LogP contribution in [0.25, 0.3) is 0 Å². The zero-order valence-corrected chi connectivity index (χ0v) is 7.43. The lowest BCUT2D eigenvalue weighted by Gasteiger charge is -2.18. The fraction of sp³-hybridized carbons (Fsp3) is 0.250. The third-order valence-corrected chi connectivity index (χ3v) is 1.25. The van der Waals surface area contributed by atoms with E-state index in [1.165, 1.54) is 0 Å². The molecule has 78 valence electrons. The maximum Gasteiger partial charge on any atom is 0.245 e. The van der Waals surface area contributed by atoms with Gasteiger partial charge in [0.15, 0.2) is 12.5 Å². The maximum absolute atomic E-state index is 10.6. The standard InChI is InChI=1S/C8H12N2O4/c1-3-5(11)9-7(13)8(14)10-6(12)4-2/h3-4,7-8,13-14H,1-2H2,(H,9,11)(H,10,12)/t7-,8+. The summed E-state index contributed by atoms with van der Waals surface area (Å²) >= 11 is 0. The molecule has 0 unspecified atom stereocenters. The van der Waals surface area contributed by atoms with E-state index >= 15 is 0 Å². The fourth-order valence-corrected chi connectivity index (χ4v) is 0.567. The topological polar surface area (TPSA) is 98.7 Å². The van der Waals surface area contributed by atoms with Gasteiger partial charge in [-0.2, -0.15) is 0 Å². The molecule has 0 saturated heterocycles. The number of amides is 2. The Balaban J connectivity index is 4.04. The van der Waals surface area contributed by atoms with Crippen molar-refractivity contribution in [2.75, 3.05) is 0 Å². The van der Waals surface area contributed by atoms with Crippen molar-refractivity contribution in [3.63, 3.8) is 0 Å². The van der Waals surface area contributed by atoms with Crippen LogP contribution in [0.1, 0.15) is 0 Å². The van der Waals surface area contributed by atoms with Crippen LogP contribution in [0.2, 0.25) is 0 Å². The molecular formula is C8H12N2O4. The normalized spacial score (nSPS) is 13.6. The van der Waals surface area contributed by atoms with Crippen LogP contribution < -0.4 is 10.6 Å². The van der Waals surface area contributed by atoms with E-state index in [4.69, 9.17) is 10.2 Å². The number of rotatable bonds is 5. The van der Waals surface area contributed by atoms with Crippen LogP contribution in [0.3, 0.4) is 0 Å². The third kappa shape index (κ3) is 4.39. The van der Waals surface area contributed by atoms with E-state index in [0.717, 1.165) is 12.2 Å². The maximum atomic E-state index is 10.6. The average Bonchev–Trinajstić information content (AvgIpc) is 2.17. The highest BCUT2D eigenvalue weighted by molar-refractivity contribution is 5.88. The molecule has 6 heteroatoms. The van der Waals surface area contributed by atoms with Crippen LogP contribution in [0.4, 0.5) is 0 Å². The number of carbonyl (C=O) groups excluding carboxylic acids is 2. The number of aliphatic hydroxyl groups is 2. The molecule has 0 aromatic carbocycles. The second kappa shape index (κ2) is 5.90. The Morgan fingerprint density at radius 1 is 1.00 bits per heavy atom. The van der Waals surface area contributed by atoms with Crippen LogP contribution >= 0.6 is 0 Å². The van der Waals surface area contributed by atoms with Crippen molar-refractivity contribution in [1.29, 1.82) is 0 Å². The molecule has 0 saturated carbocycles. The Morgan fingerprint density at radius 3 is 1.50 bits per heavy atom. The minimum atomic E-state index is -1.59. The second-order valence-electron chi connectivity index (χ2n) is 2.32. The molecule has 0 aliphatic rings. The predicted molar refractivity (Wildman–Crippen MR) is 48.7 cm³/mol. The van der Waals surface area contributed by atoms with E-state index < -0.39 is 24.3 Å². The summed E-state index contributed by atoms with van der Waals surface area (Å²) in [5.41, 5.74) is 0. The molecule has 0 rings (SSSR count). The summed E-state index contributed by atoms with van der Waals surface area (Å²) in [6, 6.07) is 0. The first-order valence-electron chi connectivity index (χ1n) is 3.73. The van der Waals surface area contributed by atoms with Gasteiger partial charge in [0.1, 0.15) is 0 Å². The van der Waals surface area contributed by atoms with Crippen molar-refractivity contribution < 1.29 is 19.8 Å². The summed E-state index contributed by atoms with van der Waals surface area (Å²) in [5.74, 6) is -1.33. The van der Waals surface area contributed by atoms with Crippen LogP contribution in [0.5, 0.6) is 0 Å². The van der Waals surface area contributed by atoms with Crippen LogP contribution in [0.15, 0.2) is 25.3 Å². The monoisotopic (exact) mass is 200 g/mol. The lowest BCUT2D eigenvalue weighted by atomic mass is 10.4. The molecule has 0 radical (unpaired) electrons. The van der Waals surface area contributed by atoms with E-state index in [2.05, 4.69) is 13.2 Å². The van der Waals surface area contributed by atoms with Crippen molar-refractivity contribution >= 4 is 11.8 Å². The number of hydrogen-bond donors (Lipinski definition) is 4. The number of carbonyl (C=O) groups is 2. The highest BCUT2D eigenvalue weighted by atomic mass is 16.4.